The Morgan fingerprint density at radius 1 is 0.966 bits per heavy atom. The first-order valence-electron chi connectivity index (χ1n) is 9.62. The van der Waals surface area contributed by atoms with Crippen molar-refractivity contribution in [3.05, 3.63) is 101 Å². The summed E-state index contributed by atoms with van der Waals surface area (Å²) >= 11 is 0. The van der Waals surface area contributed by atoms with Crippen LogP contribution in [0.2, 0.25) is 0 Å². The van der Waals surface area contributed by atoms with Crippen molar-refractivity contribution in [3.63, 3.8) is 0 Å². The molecule has 0 bridgehead atoms. The van der Waals surface area contributed by atoms with Gasteiger partial charge in [0, 0.05) is 11.1 Å². The number of carbonyl (C=O) groups is 2. The number of hydrogen-bond acceptors (Lipinski definition) is 3. The smallest absolute Gasteiger partial charge is 0.338 e. The van der Waals surface area contributed by atoms with Crippen LogP contribution in [-0.2, 0) is 16.1 Å². The molecular weight excluding hydrogens is 362 g/mol. The molecule has 0 spiro atoms. The number of fused-ring (bicyclic) bond motifs is 1. The van der Waals surface area contributed by atoms with E-state index in [0.717, 1.165) is 11.1 Å². The van der Waals surface area contributed by atoms with Crippen molar-refractivity contribution in [1.82, 2.24) is 0 Å². The van der Waals surface area contributed by atoms with Crippen LogP contribution < -0.4 is 4.90 Å². The molecule has 0 saturated carbocycles. The number of ether oxygens (including phenoxy) is 1. The second kappa shape index (κ2) is 8.15. The molecule has 1 aliphatic heterocycles. The zero-order chi connectivity index (χ0) is 20.2. The van der Waals surface area contributed by atoms with Gasteiger partial charge in [-0.3, -0.25) is 4.79 Å². The molecule has 4 nitrogen and oxygen atoms in total. The van der Waals surface area contributed by atoms with Crippen molar-refractivity contribution in [1.29, 1.82) is 0 Å². The number of esters is 1. The fraction of sp³-hybridized carbons (Fsp3) is 0.120. The highest BCUT2D eigenvalue weighted by atomic mass is 16.5. The molecule has 0 fully saturated rings. The quantitative estimate of drug-likeness (QED) is 0.356. The summed E-state index contributed by atoms with van der Waals surface area (Å²) in [6, 6.07) is 24.7. The second-order valence-electron chi connectivity index (χ2n) is 6.75. The minimum Gasteiger partial charge on any atom is -0.462 e. The first-order valence-corrected chi connectivity index (χ1v) is 9.62. The van der Waals surface area contributed by atoms with Crippen LogP contribution in [0.3, 0.4) is 0 Å². The van der Waals surface area contributed by atoms with E-state index < -0.39 is 5.97 Å². The molecule has 1 amide bonds. The van der Waals surface area contributed by atoms with E-state index in [1.165, 1.54) is 0 Å². The monoisotopic (exact) mass is 383 g/mol. The Kier molecular flexibility index (Phi) is 5.25. The van der Waals surface area contributed by atoms with E-state index in [2.05, 4.69) is 0 Å². The molecule has 0 saturated heterocycles. The highest BCUT2D eigenvalue weighted by molar-refractivity contribution is 6.24. The average Bonchev–Trinajstić information content (AvgIpc) is 3.09. The number of carbonyl (C=O) groups excluding carboxylic acids is 2. The van der Waals surface area contributed by atoms with Crippen LogP contribution in [0.1, 0.15) is 34.0 Å². The number of rotatable bonds is 5. The number of anilines is 1. The highest BCUT2D eigenvalue weighted by Gasteiger charge is 2.30. The molecular formula is C25H21NO3. The minimum atomic E-state index is -0.409. The summed E-state index contributed by atoms with van der Waals surface area (Å²) < 4.78 is 5.33. The molecule has 0 radical (unpaired) electrons. The molecule has 0 aliphatic carbocycles. The third-order valence-electron chi connectivity index (χ3n) is 4.91. The van der Waals surface area contributed by atoms with E-state index >= 15 is 0 Å². The zero-order valence-electron chi connectivity index (χ0n) is 16.2. The average molecular weight is 383 g/mol. The SMILES string of the molecule is CCOC(=O)/C(=C\c1ccccc1)c1ccccc1N1Cc2ccccc2C1=O. The van der Waals surface area contributed by atoms with Gasteiger partial charge in [-0.25, -0.2) is 4.79 Å². The third-order valence-corrected chi connectivity index (χ3v) is 4.91. The summed E-state index contributed by atoms with van der Waals surface area (Å²) in [5.74, 6) is -0.469. The van der Waals surface area contributed by atoms with Gasteiger partial charge >= 0.3 is 5.97 Å². The highest BCUT2D eigenvalue weighted by Crippen LogP contribution is 2.35. The van der Waals surface area contributed by atoms with Crippen LogP contribution in [0, 0.1) is 0 Å². The largest absolute Gasteiger partial charge is 0.462 e. The summed E-state index contributed by atoms with van der Waals surface area (Å²) in [5.41, 5.74) is 4.38. The maximum absolute atomic E-state index is 13.0. The van der Waals surface area contributed by atoms with E-state index in [9.17, 15) is 9.59 Å². The van der Waals surface area contributed by atoms with Crippen molar-refractivity contribution in [2.75, 3.05) is 11.5 Å². The Morgan fingerprint density at radius 2 is 1.66 bits per heavy atom. The molecule has 0 unspecified atom stereocenters. The van der Waals surface area contributed by atoms with E-state index in [0.29, 0.717) is 28.9 Å². The molecule has 4 rings (SSSR count). The lowest BCUT2D eigenvalue weighted by molar-refractivity contribution is -0.136. The molecule has 3 aromatic carbocycles. The van der Waals surface area contributed by atoms with Crippen molar-refractivity contribution in [3.8, 4) is 0 Å². The second-order valence-corrected chi connectivity index (χ2v) is 6.75. The maximum atomic E-state index is 13.0. The Balaban J connectivity index is 1.81. The van der Waals surface area contributed by atoms with Gasteiger partial charge in [0.2, 0.25) is 0 Å². The first-order chi connectivity index (χ1) is 14.2. The van der Waals surface area contributed by atoms with Gasteiger partial charge in [0.05, 0.1) is 24.4 Å². The van der Waals surface area contributed by atoms with E-state index in [-0.39, 0.29) is 12.5 Å². The number of benzene rings is 3. The number of amides is 1. The van der Waals surface area contributed by atoms with Crippen molar-refractivity contribution in [2.45, 2.75) is 13.5 Å². The van der Waals surface area contributed by atoms with Crippen LogP contribution in [-0.4, -0.2) is 18.5 Å². The Bertz CT molecular complexity index is 1090. The Labute approximate surface area is 170 Å². The predicted octanol–water partition coefficient (Wildman–Crippen LogP) is 4.95. The summed E-state index contributed by atoms with van der Waals surface area (Å²) in [6.45, 7) is 2.54. The summed E-state index contributed by atoms with van der Waals surface area (Å²) in [4.78, 5) is 27.6. The van der Waals surface area contributed by atoms with Gasteiger partial charge in [0.15, 0.2) is 0 Å². The number of nitrogens with zero attached hydrogens (tertiary/aromatic N) is 1. The van der Waals surface area contributed by atoms with Crippen LogP contribution in [0.5, 0.6) is 0 Å². The lowest BCUT2D eigenvalue weighted by Crippen LogP contribution is -2.24. The molecule has 1 aliphatic rings. The molecule has 4 heteroatoms. The molecule has 144 valence electrons. The van der Waals surface area contributed by atoms with Gasteiger partial charge in [-0.05, 0) is 36.3 Å². The van der Waals surface area contributed by atoms with Crippen molar-refractivity contribution in [2.24, 2.45) is 0 Å². The van der Waals surface area contributed by atoms with Crippen LogP contribution in [0.4, 0.5) is 5.69 Å². The fourth-order valence-electron chi connectivity index (χ4n) is 3.56. The standard InChI is InChI=1S/C25H21NO3/c1-2-29-25(28)22(16-18-10-4-3-5-11-18)21-14-8-9-15-23(21)26-17-19-12-6-7-13-20(19)24(26)27/h3-16H,2,17H2,1H3/b22-16-. The van der Waals surface area contributed by atoms with Gasteiger partial charge in [-0.1, -0.05) is 66.7 Å². The predicted molar refractivity (Wildman–Crippen MR) is 114 cm³/mol. The van der Waals surface area contributed by atoms with Crippen molar-refractivity contribution >= 4 is 29.2 Å². The van der Waals surface area contributed by atoms with E-state index in [4.69, 9.17) is 4.74 Å². The van der Waals surface area contributed by atoms with E-state index in [1.807, 2.05) is 84.9 Å². The lowest BCUT2D eigenvalue weighted by atomic mass is 10.00. The fourth-order valence-corrected chi connectivity index (χ4v) is 3.56. The van der Waals surface area contributed by atoms with Crippen LogP contribution in [0.25, 0.3) is 11.6 Å². The van der Waals surface area contributed by atoms with Gasteiger partial charge in [-0.2, -0.15) is 0 Å². The summed E-state index contributed by atoms with van der Waals surface area (Å²) in [6.07, 6.45) is 1.81. The molecule has 0 N–H and O–H groups in total. The molecule has 29 heavy (non-hydrogen) atoms. The zero-order valence-corrected chi connectivity index (χ0v) is 16.2. The molecule has 1 heterocycles. The normalized spacial score (nSPS) is 13.3. The van der Waals surface area contributed by atoms with Gasteiger partial charge < -0.3 is 9.64 Å². The van der Waals surface area contributed by atoms with Crippen LogP contribution >= 0.6 is 0 Å². The van der Waals surface area contributed by atoms with Gasteiger partial charge in [0.25, 0.3) is 5.91 Å². The third kappa shape index (κ3) is 3.69. The summed E-state index contributed by atoms with van der Waals surface area (Å²) in [7, 11) is 0. The maximum Gasteiger partial charge on any atom is 0.338 e. The number of para-hydroxylation sites is 1. The first kappa shape index (κ1) is 18.7. The topological polar surface area (TPSA) is 46.6 Å². The number of hydrogen-bond donors (Lipinski definition) is 0. The molecule has 0 atom stereocenters. The van der Waals surface area contributed by atoms with Gasteiger partial charge in [0.1, 0.15) is 0 Å². The van der Waals surface area contributed by atoms with Crippen molar-refractivity contribution < 1.29 is 14.3 Å². The van der Waals surface area contributed by atoms with Crippen LogP contribution in [0.15, 0.2) is 78.9 Å². The molecule has 3 aromatic rings. The lowest BCUT2D eigenvalue weighted by Gasteiger charge is -2.21. The van der Waals surface area contributed by atoms with E-state index in [1.54, 1.807) is 11.8 Å². The Hall–Kier alpha value is -3.66. The molecule has 0 aromatic heterocycles. The Morgan fingerprint density at radius 3 is 2.41 bits per heavy atom. The van der Waals surface area contributed by atoms with Gasteiger partial charge in [-0.15, -0.1) is 0 Å². The minimum absolute atomic E-state index is 0.0593. The summed E-state index contributed by atoms with van der Waals surface area (Å²) in [5, 5.41) is 0.